The Labute approximate surface area is 282 Å². The van der Waals surface area contributed by atoms with Gasteiger partial charge in [-0.3, -0.25) is 0 Å². The van der Waals surface area contributed by atoms with Crippen LogP contribution in [0.15, 0.2) is 24.3 Å². The third-order valence-electron chi connectivity index (χ3n) is 15.0. The van der Waals surface area contributed by atoms with Gasteiger partial charge in [0.15, 0.2) is 12.6 Å². The summed E-state index contributed by atoms with van der Waals surface area (Å²) in [7, 11) is 3.56. The molecule has 0 aromatic carbocycles. The Bertz CT molecular complexity index is 1220. The first kappa shape index (κ1) is 35.9. The highest BCUT2D eigenvalue weighted by molar-refractivity contribution is 5.34. The number of fused-ring (bicyclic) bond motifs is 2. The number of hydrogen-bond donors (Lipinski definition) is 4. The second kappa shape index (κ2) is 12.1. The second-order valence-electron chi connectivity index (χ2n) is 17.5. The Hall–Kier alpha value is -0.880. The number of aliphatic hydroxyl groups excluding tert-OH is 4. The molecule has 0 aromatic heterocycles. The van der Waals surface area contributed by atoms with Crippen molar-refractivity contribution in [3.8, 4) is 0 Å². The van der Waals surface area contributed by atoms with Gasteiger partial charge < -0.3 is 44.1 Å². The molecule has 9 nitrogen and oxygen atoms in total. The zero-order chi connectivity index (χ0) is 34.4. The van der Waals surface area contributed by atoms with Gasteiger partial charge in [-0.2, -0.15) is 0 Å². The van der Waals surface area contributed by atoms with Crippen molar-refractivity contribution < 1.29 is 44.1 Å². The number of aliphatic hydroxyl groups is 4. The molecule has 4 N–H and O–H groups in total. The van der Waals surface area contributed by atoms with E-state index in [-0.39, 0.29) is 40.2 Å². The molecule has 3 saturated carbocycles. The molecule has 9 heteroatoms. The molecule has 0 amide bonds. The quantitative estimate of drug-likeness (QED) is 0.259. The molecule has 5 fully saturated rings. The lowest BCUT2D eigenvalue weighted by atomic mass is 9.38. The Balaban J connectivity index is 1.29. The van der Waals surface area contributed by atoms with Crippen molar-refractivity contribution in [1.29, 1.82) is 0 Å². The van der Waals surface area contributed by atoms with Gasteiger partial charge in [-0.1, -0.05) is 58.9 Å². The molecule has 47 heavy (non-hydrogen) atoms. The molecule has 6 aliphatic rings. The van der Waals surface area contributed by atoms with Crippen molar-refractivity contribution >= 4 is 0 Å². The Morgan fingerprint density at radius 3 is 2.34 bits per heavy atom. The van der Waals surface area contributed by atoms with Gasteiger partial charge in [0.1, 0.15) is 30.0 Å². The highest BCUT2D eigenvalue weighted by Crippen LogP contribution is 2.79. The number of rotatable bonds is 9. The monoisotopic (exact) mass is 662 g/mol. The topological polar surface area (TPSA) is 127 Å². The van der Waals surface area contributed by atoms with E-state index in [0.717, 1.165) is 32.1 Å². The molecule has 4 aliphatic carbocycles. The van der Waals surface area contributed by atoms with Gasteiger partial charge in [-0.25, -0.2) is 0 Å². The first-order chi connectivity index (χ1) is 22.0. The summed E-state index contributed by atoms with van der Waals surface area (Å²) in [5.41, 5.74) is -1.31. The summed E-state index contributed by atoms with van der Waals surface area (Å²) < 4.78 is 31.4. The van der Waals surface area contributed by atoms with E-state index in [4.69, 9.17) is 23.7 Å². The van der Waals surface area contributed by atoms with Gasteiger partial charge in [-0.05, 0) is 87.4 Å². The average molecular weight is 663 g/mol. The van der Waals surface area contributed by atoms with Crippen molar-refractivity contribution in [3.63, 3.8) is 0 Å². The number of hydrogen-bond acceptors (Lipinski definition) is 9. The Morgan fingerprint density at radius 1 is 0.957 bits per heavy atom. The van der Waals surface area contributed by atoms with Gasteiger partial charge in [0.25, 0.3) is 0 Å². The Kier molecular flexibility index (Phi) is 9.27. The molecular formula is C38H62O9. The van der Waals surface area contributed by atoms with Gasteiger partial charge in [0, 0.05) is 31.0 Å². The van der Waals surface area contributed by atoms with Crippen LogP contribution < -0.4 is 0 Å². The van der Waals surface area contributed by atoms with E-state index in [1.54, 1.807) is 14.2 Å². The first-order valence-corrected chi connectivity index (χ1v) is 18.1. The van der Waals surface area contributed by atoms with Crippen LogP contribution in [-0.2, 0) is 23.7 Å². The van der Waals surface area contributed by atoms with Crippen LogP contribution in [0.1, 0.15) is 93.4 Å². The third kappa shape index (κ3) is 4.95. The zero-order valence-electron chi connectivity index (χ0n) is 30.1. The predicted octanol–water partition coefficient (Wildman–Crippen LogP) is 4.75. The van der Waals surface area contributed by atoms with Crippen molar-refractivity contribution in [2.45, 2.75) is 148 Å². The van der Waals surface area contributed by atoms with Crippen LogP contribution in [0.4, 0.5) is 0 Å². The minimum Gasteiger partial charge on any atom is -0.394 e. The van der Waals surface area contributed by atoms with Crippen LogP contribution in [0.3, 0.4) is 0 Å². The molecule has 2 aliphatic heterocycles. The summed E-state index contributed by atoms with van der Waals surface area (Å²) in [6.07, 6.45) is 9.34. The van der Waals surface area contributed by atoms with Crippen LogP contribution in [0, 0.1) is 45.3 Å². The maximum Gasteiger partial charge on any atom is 0.186 e. The van der Waals surface area contributed by atoms with Gasteiger partial charge in [-0.15, -0.1) is 0 Å². The highest BCUT2D eigenvalue weighted by Gasteiger charge is 2.78. The second-order valence-corrected chi connectivity index (χ2v) is 17.5. The van der Waals surface area contributed by atoms with E-state index in [0.29, 0.717) is 17.8 Å². The molecule has 1 spiro atoms. The summed E-state index contributed by atoms with van der Waals surface area (Å²) in [4.78, 5) is 0. The minimum absolute atomic E-state index is 0.0979. The summed E-state index contributed by atoms with van der Waals surface area (Å²) in [6, 6.07) is 0. The highest BCUT2D eigenvalue weighted by atomic mass is 16.7. The van der Waals surface area contributed by atoms with Crippen LogP contribution in [0.2, 0.25) is 0 Å². The molecule has 2 bridgehead atoms. The number of ether oxygens (including phenoxy) is 5. The van der Waals surface area contributed by atoms with Gasteiger partial charge in [0.05, 0.1) is 18.3 Å². The summed E-state index contributed by atoms with van der Waals surface area (Å²) in [5.74, 6) is 1.75. The summed E-state index contributed by atoms with van der Waals surface area (Å²) in [5, 5.41) is 41.3. The lowest BCUT2D eigenvalue weighted by molar-refractivity contribution is -0.331. The normalized spacial score (nSPS) is 51.1. The lowest BCUT2D eigenvalue weighted by Gasteiger charge is -2.65. The number of allylic oxidation sites excluding steroid dienone is 2. The van der Waals surface area contributed by atoms with E-state index < -0.39 is 48.3 Å². The fourth-order valence-electron chi connectivity index (χ4n) is 11.9. The average Bonchev–Trinajstić information content (AvgIpc) is 3.41. The van der Waals surface area contributed by atoms with Crippen LogP contribution >= 0.6 is 0 Å². The van der Waals surface area contributed by atoms with E-state index in [1.165, 1.54) is 12.8 Å². The standard InChI is InChI=1S/C38H62O9/c1-22(11-10-16-33(2,3)44-9)23-14-17-36(7)25-15-18-38-26(37(25,32(43-8)47-38)20-19-35(23,36)6)12-13-27(34(38,4)5)46-31-30(42)29(41)28(40)24(21-39)45-31/h10,15-16,18,22-32,39-42H,11-14,17,19-21H2,1-9H3/b16-10+/t22-,23-,24-,25+,26+,27+,28-,29-,30-,31+,32-,35-,36+,37+,38?/m1/s1. The van der Waals surface area contributed by atoms with E-state index in [2.05, 4.69) is 72.8 Å². The molecule has 6 rings (SSSR count). The lowest BCUT2D eigenvalue weighted by Crippen LogP contribution is -2.66. The first-order valence-electron chi connectivity index (χ1n) is 18.1. The van der Waals surface area contributed by atoms with Gasteiger partial charge >= 0.3 is 0 Å². The largest absolute Gasteiger partial charge is 0.394 e. The van der Waals surface area contributed by atoms with Crippen LogP contribution in [0.5, 0.6) is 0 Å². The maximum absolute atomic E-state index is 10.8. The molecule has 268 valence electrons. The van der Waals surface area contributed by atoms with E-state index in [9.17, 15) is 20.4 Å². The third-order valence-corrected chi connectivity index (χ3v) is 15.0. The smallest absolute Gasteiger partial charge is 0.186 e. The van der Waals surface area contributed by atoms with E-state index in [1.807, 2.05) is 0 Å². The van der Waals surface area contributed by atoms with Crippen molar-refractivity contribution in [3.05, 3.63) is 24.3 Å². The van der Waals surface area contributed by atoms with Crippen LogP contribution in [-0.4, -0.2) is 95.6 Å². The molecular weight excluding hydrogens is 600 g/mol. The number of methoxy groups -OCH3 is 2. The van der Waals surface area contributed by atoms with E-state index >= 15 is 0 Å². The molecule has 15 atom stereocenters. The summed E-state index contributed by atoms with van der Waals surface area (Å²) >= 11 is 0. The minimum atomic E-state index is -1.48. The molecule has 2 heterocycles. The van der Waals surface area contributed by atoms with Crippen molar-refractivity contribution in [2.75, 3.05) is 20.8 Å². The zero-order valence-corrected chi connectivity index (χ0v) is 30.1. The summed E-state index contributed by atoms with van der Waals surface area (Å²) in [6.45, 7) is 15.6. The van der Waals surface area contributed by atoms with Crippen molar-refractivity contribution in [1.82, 2.24) is 0 Å². The molecule has 2 saturated heterocycles. The fourth-order valence-corrected chi connectivity index (χ4v) is 11.9. The molecule has 0 radical (unpaired) electrons. The Morgan fingerprint density at radius 2 is 1.68 bits per heavy atom. The molecule has 1 unspecified atom stereocenters. The predicted molar refractivity (Wildman–Crippen MR) is 177 cm³/mol. The van der Waals surface area contributed by atoms with Crippen LogP contribution in [0.25, 0.3) is 0 Å². The molecule has 0 aromatic rings. The maximum atomic E-state index is 10.8. The van der Waals surface area contributed by atoms with Gasteiger partial charge in [0.2, 0.25) is 0 Å². The SMILES string of the molecule is CO[C@@H]1OC23C=C[C@@H]4[C@@]1(CC[C@]1(C)[C@@H]([C@H](C)C/C=C/C(C)(C)OC)CC[C@@]41C)[C@@H]2CC[C@H](O[C@@H]1O[C@H](CO)[C@@H](O)[C@@H](O)[C@H]1O)C3(C)C. The van der Waals surface area contributed by atoms with Crippen molar-refractivity contribution in [2.24, 2.45) is 45.3 Å². The fraction of sp³-hybridized carbons (Fsp3) is 0.895.